The number of hydrogen-bond acceptors (Lipinski definition) is 2. The Morgan fingerprint density at radius 1 is 1.24 bits per heavy atom. The van der Waals surface area contributed by atoms with Crippen LogP contribution in [-0.2, 0) is 6.42 Å². The molecule has 0 saturated heterocycles. The molecule has 1 heterocycles. The second-order valence-corrected chi connectivity index (χ2v) is 4.53. The minimum absolute atomic E-state index is 0.000556. The summed E-state index contributed by atoms with van der Waals surface area (Å²) >= 11 is 0. The van der Waals surface area contributed by atoms with E-state index in [1.807, 2.05) is 49.7 Å². The average Bonchev–Trinajstić information content (AvgIpc) is 2.32. The molecule has 0 spiro atoms. The van der Waals surface area contributed by atoms with Crippen LogP contribution in [0, 0.1) is 0 Å². The Bertz CT molecular complexity index is 562. The van der Waals surface area contributed by atoms with Gasteiger partial charge in [-0.1, -0.05) is 6.92 Å². The van der Waals surface area contributed by atoms with Crippen molar-refractivity contribution in [2.75, 3.05) is 0 Å². The van der Waals surface area contributed by atoms with Gasteiger partial charge in [-0.2, -0.15) is 4.57 Å². The van der Waals surface area contributed by atoms with Gasteiger partial charge in [-0.25, -0.2) is 0 Å². The first kappa shape index (κ1) is 11.7. The molecule has 17 heavy (non-hydrogen) atoms. The highest BCUT2D eigenvalue weighted by molar-refractivity contribution is 5.85. The number of aromatic nitrogens is 1. The van der Waals surface area contributed by atoms with Gasteiger partial charge in [0.25, 0.3) is 5.52 Å². The lowest BCUT2D eigenvalue weighted by molar-refractivity contribution is -0.691. The molecule has 90 valence electrons. The van der Waals surface area contributed by atoms with E-state index in [1.54, 1.807) is 0 Å². The molecule has 0 fully saturated rings. The van der Waals surface area contributed by atoms with E-state index >= 15 is 0 Å². The number of phenols is 2. The number of fused-ring (bicyclic) bond motifs is 1. The molecule has 1 aromatic carbocycles. The van der Waals surface area contributed by atoms with E-state index in [2.05, 4.69) is 0 Å². The number of hydrogen-bond donors (Lipinski definition) is 2. The van der Waals surface area contributed by atoms with Gasteiger partial charge in [-0.15, -0.1) is 0 Å². The van der Waals surface area contributed by atoms with Crippen molar-refractivity contribution in [3.63, 3.8) is 0 Å². The second kappa shape index (κ2) is 4.24. The number of benzene rings is 1. The van der Waals surface area contributed by atoms with E-state index in [4.69, 9.17) is 0 Å². The summed E-state index contributed by atoms with van der Waals surface area (Å²) in [5.74, 6) is -0.0192. The van der Waals surface area contributed by atoms with Crippen molar-refractivity contribution >= 4 is 10.9 Å². The highest BCUT2D eigenvalue weighted by Gasteiger charge is 2.21. The molecule has 0 aliphatic heterocycles. The largest absolute Gasteiger partial charge is 0.504 e. The fourth-order valence-electron chi connectivity index (χ4n) is 2.14. The fraction of sp³-hybridized carbons (Fsp3) is 0.357. The highest BCUT2D eigenvalue weighted by Crippen LogP contribution is 2.35. The van der Waals surface area contributed by atoms with Crippen LogP contribution in [0.2, 0.25) is 0 Å². The second-order valence-electron chi connectivity index (χ2n) is 4.53. The molecule has 0 amide bonds. The van der Waals surface area contributed by atoms with Crippen LogP contribution in [0.4, 0.5) is 0 Å². The van der Waals surface area contributed by atoms with Gasteiger partial charge in [-0.05, 0) is 38.0 Å². The summed E-state index contributed by atoms with van der Waals surface area (Å²) in [5.41, 5.74) is 1.47. The Balaban J connectivity index is 2.87. The first-order valence-electron chi connectivity index (χ1n) is 5.94. The first-order chi connectivity index (χ1) is 8.06. The first-order valence-corrected chi connectivity index (χ1v) is 5.94. The molecule has 0 aliphatic rings. The number of phenolic OH excluding ortho intramolecular Hbond substituents is 2. The minimum Gasteiger partial charge on any atom is -0.504 e. The Labute approximate surface area is 101 Å². The third-order valence-electron chi connectivity index (χ3n) is 3.07. The van der Waals surface area contributed by atoms with Crippen LogP contribution in [0.25, 0.3) is 10.9 Å². The van der Waals surface area contributed by atoms with Gasteiger partial charge in [0.2, 0.25) is 5.75 Å². The van der Waals surface area contributed by atoms with Crippen molar-refractivity contribution < 1.29 is 14.8 Å². The standard InChI is InChI=1S/C14H17NO2/c1-4-10-8-11-6-5-7-15(9(2)3)12(11)14(17)13(10)16/h5-9,17H,4H2,1-3H3/p+1. The fourth-order valence-corrected chi connectivity index (χ4v) is 2.14. The van der Waals surface area contributed by atoms with E-state index < -0.39 is 0 Å². The van der Waals surface area contributed by atoms with Crippen molar-refractivity contribution in [2.24, 2.45) is 0 Å². The summed E-state index contributed by atoms with van der Waals surface area (Å²) in [5, 5.41) is 21.0. The van der Waals surface area contributed by atoms with Crippen molar-refractivity contribution in [1.82, 2.24) is 0 Å². The summed E-state index contributed by atoms with van der Waals surface area (Å²) in [4.78, 5) is 0. The molecule has 2 N–H and O–H groups in total. The van der Waals surface area contributed by atoms with E-state index in [0.29, 0.717) is 11.9 Å². The monoisotopic (exact) mass is 232 g/mol. The molecule has 0 unspecified atom stereocenters. The van der Waals surface area contributed by atoms with Gasteiger partial charge < -0.3 is 10.2 Å². The molecule has 2 rings (SSSR count). The predicted molar refractivity (Wildman–Crippen MR) is 67.2 cm³/mol. The van der Waals surface area contributed by atoms with Gasteiger partial charge >= 0.3 is 0 Å². The van der Waals surface area contributed by atoms with Crippen molar-refractivity contribution in [2.45, 2.75) is 33.2 Å². The van der Waals surface area contributed by atoms with Crippen LogP contribution in [0.1, 0.15) is 32.4 Å². The maximum Gasteiger partial charge on any atom is 0.258 e. The van der Waals surface area contributed by atoms with Crippen molar-refractivity contribution in [1.29, 1.82) is 0 Å². The minimum atomic E-state index is -0.0198. The summed E-state index contributed by atoms with van der Waals surface area (Å²) in [7, 11) is 0. The molecule has 0 aliphatic carbocycles. The number of aromatic hydroxyl groups is 2. The molecule has 3 nitrogen and oxygen atoms in total. The Morgan fingerprint density at radius 3 is 2.53 bits per heavy atom. The third-order valence-corrected chi connectivity index (χ3v) is 3.07. The Morgan fingerprint density at radius 2 is 1.94 bits per heavy atom. The number of aryl methyl sites for hydroxylation is 1. The summed E-state index contributed by atoms with van der Waals surface area (Å²) in [6.45, 7) is 6.05. The summed E-state index contributed by atoms with van der Waals surface area (Å²) < 4.78 is 1.96. The Hall–Kier alpha value is -1.77. The molecule has 0 saturated carbocycles. The zero-order valence-electron chi connectivity index (χ0n) is 10.4. The molecule has 3 heteroatoms. The molecule has 1 aromatic heterocycles. The quantitative estimate of drug-likeness (QED) is 0.617. The lowest BCUT2D eigenvalue weighted by atomic mass is 10.1. The molecular weight excluding hydrogens is 214 g/mol. The van der Waals surface area contributed by atoms with Gasteiger partial charge in [0.1, 0.15) is 0 Å². The van der Waals surface area contributed by atoms with E-state index in [9.17, 15) is 10.2 Å². The van der Waals surface area contributed by atoms with Crippen LogP contribution in [-0.4, -0.2) is 10.2 Å². The molecular formula is C14H18NO2+. The molecule has 0 radical (unpaired) electrons. The number of pyridine rings is 1. The lowest BCUT2D eigenvalue weighted by Crippen LogP contribution is -2.36. The number of nitrogens with zero attached hydrogens (tertiary/aromatic N) is 1. The average molecular weight is 232 g/mol. The zero-order valence-corrected chi connectivity index (χ0v) is 10.4. The maximum atomic E-state index is 10.1. The topological polar surface area (TPSA) is 44.3 Å². The van der Waals surface area contributed by atoms with Crippen LogP contribution in [0.15, 0.2) is 24.4 Å². The summed E-state index contributed by atoms with van der Waals surface area (Å²) in [6.07, 6.45) is 2.61. The highest BCUT2D eigenvalue weighted by atomic mass is 16.3. The SMILES string of the molecule is CCc1cc2ccc[n+](C(C)C)c2c(O)c1O. The lowest BCUT2D eigenvalue weighted by Gasteiger charge is -2.09. The van der Waals surface area contributed by atoms with Gasteiger partial charge in [0.05, 0.1) is 5.39 Å². The maximum absolute atomic E-state index is 10.1. The summed E-state index contributed by atoms with van der Waals surface area (Å²) in [6, 6.07) is 6.07. The van der Waals surface area contributed by atoms with Gasteiger partial charge in [0, 0.05) is 6.07 Å². The Kier molecular flexibility index (Phi) is 2.92. The molecule has 0 atom stereocenters. The molecule has 2 aromatic rings. The van der Waals surface area contributed by atoms with Gasteiger partial charge in [0.15, 0.2) is 18.0 Å². The van der Waals surface area contributed by atoms with Gasteiger partial charge in [-0.3, -0.25) is 0 Å². The molecule has 0 bridgehead atoms. The third kappa shape index (κ3) is 1.82. The zero-order chi connectivity index (χ0) is 12.6. The number of rotatable bonds is 2. The van der Waals surface area contributed by atoms with Crippen LogP contribution < -0.4 is 4.57 Å². The van der Waals surface area contributed by atoms with Crippen LogP contribution in [0.3, 0.4) is 0 Å². The van der Waals surface area contributed by atoms with E-state index in [1.165, 1.54) is 0 Å². The predicted octanol–water partition coefficient (Wildman–Crippen LogP) is 2.68. The van der Waals surface area contributed by atoms with E-state index in [-0.39, 0.29) is 17.5 Å². The van der Waals surface area contributed by atoms with Crippen molar-refractivity contribution in [3.8, 4) is 11.5 Å². The smallest absolute Gasteiger partial charge is 0.258 e. The normalized spacial score (nSPS) is 11.3. The van der Waals surface area contributed by atoms with E-state index in [0.717, 1.165) is 10.9 Å². The van der Waals surface area contributed by atoms with Crippen LogP contribution >= 0.6 is 0 Å². The van der Waals surface area contributed by atoms with Crippen LogP contribution in [0.5, 0.6) is 11.5 Å². The van der Waals surface area contributed by atoms with Crippen molar-refractivity contribution in [3.05, 3.63) is 30.0 Å².